The van der Waals surface area contributed by atoms with Crippen molar-refractivity contribution in [3.63, 3.8) is 0 Å². The Morgan fingerprint density at radius 1 is 0.314 bits per heavy atom. The van der Waals surface area contributed by atoms with Crippen LogP contribution in [0.2, 0.25) is 0 Å². The monoisotopic (exact) mass is 909 g/mol. The molecule has 70 heavy (non-hydrogen) atoms. The van der Waals surface area contributed by atoms with Crippen molar-refractivity contribution in [2.24, 2.45) is 0 Å². The zero-order valence-electron chi connectivity index (χ0n) is 37.7. The smallest absolute Gasteiger partial charge is 0.164 e. The van der Waals surface area contributed by atoms with E-state index in [1.165, 1.54) is 36.5 Å². The van der Waals surface area contributed by atoms with Gasteiger partial charge in [0.1, 0.15) is 0 Å². The van der Waals surface area contributed by atoms with Crippen molar-refractivity contribution < 1.29 is 0 Å². The number of fused-ring (bicyclic) bond motifs is 9. The second kappa shape index (κ2) is 16.3. The quantitative estimate of drug-likeness (QED) is 0.160. The third kappa shape index (κ3) is 6.53. The third-order valence-electron chi connectivity index (χ3n) is 13.7. The van der Waals surface area contributed by atoms with E-state index in [2.05, 4.69) is 223 Å². The third-order valence-corrected chi connectivity index (χ3v) is 14.9. The normalized spacial score (nSPS) is 11.7. The van der Waals surface area contributed by atoms with Crippen molar-refractivity contribution in [2.75, 3.05) is 0 Å². The lowest BCUT2D eigenvalue weighted by molar-refractivity contribution is 1.08. The van der Waals surface area contributed by atoms with Crippen LogP contribution in [-0.4, -0.2) is 24.5 Å². The summed E-state index contributed by atoms with van der Waals surface area (Å²) in [6.45, 7) is 0. The summed E-state index contributed by atoms with van der Waals surface area (Å²) < 4.78 is 4.98. The van der Waals surface area contributed by atoms with E-state index in [0.717, 1.165) is 83.0 Å². The predicted octanol–water partition coefficient (Wildman–Crippen LogP) is 17.0. The highest BCUT2D eigenvalue weighted by Gasteiger charge is 2.22. The molecule has 14 rings (SSSR count). The summed E-state index contributed by atoms with van der Waals surface area (Å²) in [6, 6.07) is 83.8. The molecule has 4 heterocycles. The van der Waals surface area contributed by atoms with Crippen molar-refractivity contribution in [3.8, 4) is 73.4 Å². The highest BCUT2D eigenvalue weighted by molar-refractivity contribution is 7.26. The van der Waals surface area contributed by atoms with Crippen LogP contribution < -0.4 is 0 Å². The van der Waals surface area contributed by atoms with Crippen molar-refractivity contribution in [3.05, 3.63) is 237 Å². The van der Waals surface area contributed by atoms with Gasteiger partial charge in [0, 0.05) is 64.3 Å². The molecule has 0 atom stereocenters. The Bertz CT molecular complexity index is 4330. The lowest BCUT2D eigenvalue weighted by Crippen LogP contribution is -2.01. The summed E-state index contributed by atoms with van der Waals surface area (Å²) in [7, 11) is 0. The molecule has 0 spiro atoms. The minimum atomic E-state index is 0.628. The zero-order chi connectivity index (χ0) is 46.1. The van der Waals surface area contributed by atoms with E-state index in [4.69, 9.17) is 19.9 Å². The van der Waals surface area contributed by atoms with Gasteiger partial charge in [-0.2, -0.15) is 0 Å². The maximum atomic E-state index is 5.33. The fourth-order valence-electron chi connectivity index (χ4n) is 10.4. The molecule has 0 aliphatic carbocycles. The largest absolute Gasteiger partial charge is 0.307 e. The van der Waals surface area contributed by atoms with Crippen LogP contribution >= 0.6 is 11.3 Å². The van der Waals surface area contributed by atoms with Crippen molar-refractivity contribution in [1.29, 1.82) is 0 Å². The molecule has 0 saturated heterocycles. The molecule has 0 aliphatic heterocycles. The number of hydrogen-bond donors (Lipinski definition) is 0. The Morgan fingerprint density at radius 2 is 0.843 bits per heavy atom. The highest BCUT2D eigenvalue weighted by atomic mass is 32.1. The van der Waals surface area contributed by atoms with Crippen LogP contribution in [-0.2, 0) is 0 Å². The second-order valence-electron chi connectivity index (χ2n) is 17.7. The number of benzene rings is 10. The maximum absolute atomic E-state index is 5.33. The summed E-state index contributed by atoms with van der Waals surface area (Å²) >= 11 is 1.85. The van der Waals surface area contributed by atoms with Gasteiger partial charge in [-0.05, 0) is 69.4 Å². The Kier molecular flexibility index (Phi) is 9.32. The SMILES string of the molecule is c1ccc(-c2nc(-c3ccc(-c4cccc5c4sc4ccccc45)cc3)nc(-c3ccc(-c4ccc(-n5c6ccccc6c6c7ccccc7nc(-c7ccccc7)c65)cc4)c4ccccc34)n2)cc1. The molecule has 5 nitrogen and oxygen atoms in total. The van der Waals surface area contributed by atoms with Gasteiger partial charge >= 0.3 is 0 Å². The predicted molar refractivity (Wildman–Crippen MR) is 292 cm³/mol. The molecule has 0 fully saturated rings. The number of nitrogens with zero attached hydrogens (tertiary/aromatic N) is 5. The summed E-state index contributed by atoms with van der Waals surface area (Å²) in [5.74, 6) is 1.89. The average Bonchev–Trinajstić information content (AvgIpc) is 4.00. The van der Waals surface area contributed by atoms with Crippen LogP contribution in [0.5, 0.6) is 0 Å². The van der Waals surface area contributed by atoms with E-state index < -0.39 is 0 Å². The van der Waals surface area contributed by atoms with Crippen molar-refractivity contribution in [1.82, 2.24) is 24.5 Å². The van der Waals surface area contributed by atoms with Gasteiger partial charge in [-0.1, -0.05) is 200 Å². The fourth-order valence-corrected chi connectivity index (χ4v) is 11.6. The Labute approximate surface area is 407 Å². The molecule has 10 aromatic carbocycles. The molecule has 0 N–H and O–H groups in total. The number of para-hydroxylation sites is 2. The van der Waals surface area contributed by atoms with E-state index in [1.54, 1.807) is 0 Å². The number of rotatable bonds is 7. The molecule has 0 aliphatic rings. The van der Waals surface area contributed by atoms with Crippen LogP contribution in [0.1, 0.15) is 0 Å². The maximum Gasteiger partial charge on any atom is 0.164 e. The molecule has 14 aromatic rings. The van der Waals surface area contributed by atoms with Crippen LogP contribution in [0.15, 0.2) is 237 Å². The zero-order valence-corrected chi connectivity index (χ0v) is 38.5. The molecular formula is C64H39N5S. The molecule has 0 radical (unpaired) electrons. The highest BCUT2D eigenvalue weighted by Crippen LogP contribution is 2.43. The molecule has 0 bridgehead atoms. The minimum absolute atomic E-state index is 0.628. The van der Waals surface area contributed by atoms with Gasteiger partial charge in [-0.25, -0.2) is 19.9 Å². The first-order valence-corrected chi connectivity index (χ1v) is 24.4. The molecule has 0 amide bonds. The van der Waals surface area contributed by atoms with Gasteiger partial charge in [-0.15, -0.1) is 11.3 Å². The van der Waals surface area contributed by atoms with Crippen LogP contribution in [0.4, 0.5) is 0 Å². The van der Waals surface area contributed by atoms with E-state index in [1.807, 2.05) is 29.5 Å². The fraction of sp³-hybridized carbons (Fsp3) is 0. The summed E-state index contributed by atoms with van der Waals surface area (Å²) in [5, 5.41) is 8.33. The molecule has 6 heteroatoms. The number of hydrogen-bond acceptors (Lipinski definition) is 5. The number of thiophene rings is 1. The lowest BCUT2D eigenvalue weighted by atomic mass is 9.94. The van der Waals surface area contributed by atoms with Crippen LogP contribution in [0.3, 0.4) is 0 Å². The van der Waals surface area contributed by atoms with Crippen LogP contribution in [0, 0.1) is 0 Å². The Balaban J connectivity index is 0.874. The van der Waals surface area contributed by atoms with Gasteiger partial charge in [0.25, 0.3) is 0 Å². The second-order valence-corrected chi connectivity index (χ2v) is 18.8. The summed E-state index contributed by atoms with van der Waals surface area (Å²) in [4.78, 5) is 20.9. The first-order valence-electron chi connectivity index (χ1n) is 23.5. The van der Waals surface area contributed by atoms with E-state index in [-0.39, 0.29) is 0 Å². The Hall–Kier alpha value is -9.10. The van der Waals surface area contributed by atoms with Gasteiger partial charge in [0.2, 0.25) is 0 Å². The number of pyridine rings is 1. The summed E-state index contributed by atoms with van der Waals surface area (Å²) in [5.41, 5.74) is 13.8. The first-order chi connectivity index (χ1) is 34.7. The molecule has 326 valence electrons. The van der Waals surface area contributed by atoms with Gasteiger partial charge in [0.05, 0.1) is 22.2 Å². The topological polar surface area (TPSA) is 56.5 Å². The van der Waals surface area contributed by atoms with E-state index in [9.17, 15) is 0 Å². The first kappa shape index (κ1) is 40.0. The van der Waals surface area contributed by atoms with Crippen molar-refractivity contribution in [2.45, 2.75) is 0 Å². The number of aromatic nitrogens is 5. The molecular weight excluding hydrogens is 871 g/mol. The average molecular weight is 910 g/mol. The van der Waals surface area contributed by atoms with Crippen molar-refractivity contribution >= 4 is 75.0 Å². The van der Waals surface area contributed by atoms with Gasteiger partial charge in [0.15, 0.2) is 17.5 Å². The molecule has 0 unspecified atom stereocenters. The van der Waals surface area contributed by atoms with E-state index >= 15 is 0 Å². The van der Waals surface area contributed by atoms with Gasteiger partial charge in [-0.3, -0.25) is 0 Å². The molecule has 4 aromatic heterocycles. The van der Waals surface area contributed by atoms with Gasteiger partial charge < -0.3 is 4.57 Å². The van der Waals surface area contributed by atoms with E-state index in [0.29, 0.717) is 17.5 Å². The summed E-state index contributed by atoms with van der Waals surface area (Å²) in [6.07, 6.45) is 0. The standard InChI is InChI=1S/C64H39N5S/c1-3-16-42(17-4-1)59-60-58(53-23-9-12-27-55(53)65-59)54-24-10-13-28-56(54)69(60)45-36-34-40(35-37-45)46-38-39-52(49-21-8-7-20-48(46)49)64-67-62(43-18-5-2-6-19-43)66-63(68-64)44-32-30-41(31-33-44)47-25-15-26-51-50-22-11-14-29-57(50)70-61(47)51/h1-39H. The lowest BCUT2D eigenvalue weighted by Gasteiger charge is -2.15. The molecule has 0 saturated carbocycles. The Morgan fingerprint density at radius 3 is 1.60 bits per heavy atom. The minimum Gasteiger partial charge on any atom is -0.307 e. The van der Waals surface area contributed by atoms with Crippen LogP contribution in [0.25, 0.3) is 137 Å².